The molecule has 3 atom stereocenters. The molecule has 3 N–H and O–H groups in total. The van der Waals surface area contributed by atoms with E-state index in [-0.39, 0.29) is 34.1 Å². The van der Waals surface area contributed by atoms with E-state index in [1.807, 2.05) is 13.8 Å². The van der Waals surface area contributed by atoms with Crippen LogP contribution in [0.2, 0.25) is 5.02 Å². The Morgan fingerprint density at radius 2 is 2.14 bits per heavy atom. The second-order valence-electron chi connectivity index (χ2n) is 6.87. The number of hydrogen-bond acceptors (Lipinski definition) is 6. The maximum absolute atomic E-state index is 12.6. The summed E-state index contributed by atoms with van der Waals surface area (Å²) in [5.41, 5.74) is 0.347. The summed E-state index contributed by atoms with van der Waals surface area (Å²) in [7, 11) is 0. The van der Waals surface area contributed by atoms with Gasteiger partial charge in [-0.05, 0) is 32.4 Å². The minimum Gasteiger partial charge on any atom is -0.322 e. The van der Waals surface area contributed by atoms with Gasteiger partial charge in [-0.25, -0.2) is 4.68 Å². The maximum atomic E-state index is 12.6. The number of anilines is 1. The fourth-order valence-corrected chi connectivity index (χ4v) is 3.52. The number of halogens is 1. The van der Waals surface area contributed by atoms with Crippen LogP contribution in [0.3, 0.4) is 0 Å². The Morgan fingerprint density at radius 1 is 1.41 bits per heavy atom. The molecule has 0 spiro atoms. The summed E-state index contributed by atoms with van der Waals surface area (Å²) in [6, 6.07) is 5.37. The molecule has 1 aliphatic heterocycles. The molecular weight excluding hydrogens is 400 g/mol. The molecule has 154 valence electrons. The lowest BCUT2D eigenvalue weighted by Crippen LogP contribution is -2.57. The van der Waals surface area contributed by atoms with E-state index in [0.29, 0.717) is 17.9 Å². The summed E-state index contributed by atoms with van der Waals surface area (Å²) in [6.45, 7) is 5.61. The van der Waals surface area contributed by atoms with Gasteiger partial charge in [-0.2, -0.15) is 5.10 Å². The molecule has 3 unspecified atom stereocenters. The smallest absolute Gasteiger partial charge is 0.288 e. The molecular formula is C18H21ClN6O4. The number of hydrogen-bond donors (Lipinski definition) is 3. The lowest BCUT2D eigenvalue weighted by molar-refractivity contribution is -0.384. The van der Waals surface area contributed by atoms with E-state index in [1.165, 1.54) is 16.8 Å². The first-order chi connectivity index (χ1) is 13.7. The van der Waals surface area contributed by atoms with Gasteiger partial charge in [-0.1, -0.05) is 18.5 Å². The summed E-state index contributed by atoms with van der Waals surface area (Å²) in [6.07, 6.45) is 0.0629. The molecule has 0 radical (unpaired) electrons. The number of amides is 2. The molecule has 2 heterocycles. The molecule has 11 heteroatoms. The van der Waals surface area contributed by atoms with Gasteiger partial charge in [0.2, 0.25) is 5.91 Å². The number of rotatable bonds is 5. The van der Waals surface area contributed by atoms with E-state index < -0.39 is 17.1 Å². The van der Waals surface area contributed by atoms with Crippen molar-refractivity contribution in [2.45, 2.75) is 39.5 Å². The largest absolute Gasteiger partial charge is 0.322 e. The van der Waals surface area contributed by atoms with Crippen molar-refractivity contribution in [3.63, 3.8) is 0 Å². The van der Waals surface area contributed by atoms with E-state index in [4.69, 9.17) is 11.6 Å². The van der Waals surface area contributed by atoms with Crippen molar-refractivity contribution in [1.82, 2.24) is 20.4 Å². The van der Waals surface area contributed by atoms with Crippen LogP contribution in [-0.4, -0.2) is 32.6 Å². The van der Waals surface area contributed by atoms with Gasteiger partial charge < -0.3 is 10.6 Å². The molecule has 0 aliphatic carbocycles. The Kier molecular flexibility index (Phi) is 5.85. The first-order valence-corrected chi connectivity index (χ1v) is 9.47. The lowest BCUT2D eigenvalue weighted by Gasteiger charge is -2.35. The number of benzene rings is 1. The summed E-state index contributed by atoms with van der Waals surface area (Å²) in [4.78, 5) is 35.4. The third-order valence-corrected chi connectivity index (χ3v) is 5.15. The first kappa shape index (κ1) is 20.7. The highest BCUT2D eigenvalue weighted by atomic mass is 35.5. The first-order valence-electron chi connectivity index (χ1n) is 9.09. The molecule has 3 rings (SSSR count). The van der Waals surface area contributed by atoms with Crippen LogP contribution in [0, 0.1) is 23.0 Å². The van der Waals surface area contributed by atoms with Crippen LogP contribution in [0.1, 0.15) is 42.6 Å². The summed E-state index contributed by atoms with van der Waals surface area (Å²) >= 11 is 5.80. The number of aromatic nitrogens is 2. The van der Waals surface area contributed by atoms with Gasteiger partial charge in [-0.15, -0.1) is 0 Å². The Balaban J connectivity index is 1.85. The molecule has 1 aliphatic rings. The molecule has 10 nitrogen and oxygen atoms in total. The molecule has 1 fully saturated rings. The van der Waals surface area contributed by atoms with Gasteiger partial charge >= 0.3 is 0 Å². The predicted octanol–water partition coefficient (Wildman–Crippen LogP) is 2.60. The highest BCUT2D eigenvalue weighted by molar-refractivity contribution is 6.32. The number of aryl methyl sites for hydroxylation is 1. The summed E-state index contributed by atoms with van der Waals surface area (Å²) < 4.78 is 1.47. The fraction of sp³-hybridized carbons (Fsp3) is 0.389. The van der Waals surface area contributed by atoms with Gasteiger partial charge in [0.1, 0.15) is 10.8 Å². The van der Waals surface area contributed by atoms with Crippen LogP contribution in [0.4, 0.5) is 11.5 Å². The van der Waals surface area contributed by atoms with Crippen molar-refractivity contribution >= 4 is 34.9 Å². The predicted molar refractivity (Wildman–Crippen MR) is 107 cm³/mol. The Hall–Kier alpha value is -2.98. The minimum absolute atomic E-state index is 0.0546. The topological polar surface area (TPSA) is 131 Å². The van der Waals surface area contributed by atoms with Crippen molar-refractivity contribution < 1.29 is 14.5 Å². The third kappa shape index (κ3) is 4.22. The van der Waals surface area contributed by atoms with Crippen LogP contribution in [-0.2, 0) is 4.79 Å². The third-order valence-electron chi connectivity index (χ3n) is 4.83. The average Bonchev–Trinajstić information content (AvgIpc) is 3.01. The minimum atomic E-state index is -0.652. The van der Waals surface area contributed by atoms with E-state index in [9.17, 15) is 19.7 Å². The van der Waals surface area contributed by atoms with Gasteiger partial charge in [0.25, 0.3) is 11.6 Å². The summed E-state index contributed by atoms with van der Waals surface area (Å²) in [5.74, 6) is -0.476. The lowest BCUT2D eigenvalue weighted by atomic mass is 9.95. The molecule has 29 heavy (non-hydrogen) atoms. The van der Waals surface area contributed by atoms with Crippen LogP contribution >= 0.6 is 11.6 Å². The Morgan fingerprint density at radius 3 is 2.76 bits per heavy atom. The van der Waals surface area contributed by atoms with Gasteiger partial charge in [0, 0.05) is 23.7 Å². The van der Waals surface area contributed by atoms with Crippen LogP contribution in [0.25, 0.3) is 0 Å². The van der Waals surface area contributed by atoms with Crippen molar-refractivity contribution in [3.8, 4) is 0 Å². The monoisotopic (exact) mass is 420 g/mol. The van der Waals surface area contributed by atoms with Crippen LogP contribution in [0.15, 0.2) is 24.3 Å². The van der Waals surface area contributed by atoms with E-state index >= 15 is 0 Å². The van der Waals surface area contributed by atoms with E-state index in [2.05, 4.69) is 21.0 Å². The van der Waals surface area contributed by atoms with Gasteiger partial charge in [0.05, 0.1) is 16.5 Å². The van der Waals surface area contributed by atoms with Crippen molar-refractivity contribution in [2.24, 2.45) is 5.92 Å². The Bertz CT molecular complexity index is 975. The van der Waals surface area contributed by atoms with Crippen molar-refractivity contribution in [2.75, 3.05) is 5.32 Å². The molecule has 1 aromatic carbocycles. The zero-order chi connectivity index (χ0) is 21.3. The highest BCUT2D eigenvalue weighted by Crippen LogP contribution is 2.26. The maximum Gasteiger partial charge on any atom is 0.288 e. The van der Waals surface area contributed by atoms with E-state index in [1.54, 1.807) is 13.0 Å². The number of nitro groups is 1. The standard InChI is InChI=1S/C18H21ClN6O4/c1-4-12-10(3)20-18(22-17(12)27)24-15(7-9(2)23-24)21-16(26)11-5-6-13(19)14(8-11)25(28)29/h5-8,10,12,18,20H,4H2,1-3H3,(H,21,26)(H,22,27). The SMILES string of the molecule is CCC1C(=O)NC(n2nc(C)cc2NC(=O)c2ccc(Cl)c([N+](=O)[O-])c2)NC1C. The number of carbonyl (C=O) groups is 2. The zero-order valence-corrected chi connectivity index (χ0v) is 16.9. The average molecular weight is 421 g/mol. The Labute approximate surface area is 171 Å². The molecule has 0 saturated carbocycles. The second kappa shape index (κ2) is 8.18. The number of nitro benzene ring substituents is 1. The van der Waals surface area contributed by atoms with Gasteiger partial charge in [0.15, 0.2) is 6.29 Å². The van der Waals surface area contributed by atoms with E-state index in [0.717, 1.165) is 6.07 Å². The van der Waals surface area contributed by atoms with Crippen LogP contribution < -0.4 is 16.0 Å². The quantitative estimate of drug-likeness (QED) is 0.503. The molecule has 2 aromatic rings. The molecule has 0 bridgehead atoms. The van der Waals surface area contributed by atoms with Crippen LogP contribution in [0.5, 0.6) is 0 Å². The number of carbonyl (C=O) groups excluding carboxylic acids is 2. The highest BCUT2D eigenvalue weighted by Gasteiger charge is 2.34. The fourth-order valence-electron chi connectivity index (χ4n) is 3.34. The van der Waals surface area contributed by atoms with Gasteiger partial charge in [-0.3, -0.25) is 25.0 Å². The number of nitrogens with one attached hydrogen (secondary N) is 3. The molecule has 1 aromatic heterocycles. The van der Waals surface area contributed by atoms with Crippen molar-refractivity contribution in [1.29, 1.82) is 0 Å². The normalized spacial score (nSPS) is 21.5. The molecule has 2 amide bonds. The zero-order valence-electron chi connectivity index (χ0n) is 16.1. The number of nitrogens with zero attached hydrogens (tertiary/aromatic N) is 3. The van der Waals surface area contributed by atoms with Crippen molar-refractivity contribution in [3.05, 3.63) is 50.7 Å². The second-order valence-corrected chi connectivity index (χ2v) is 7.28. The molecule has 1 saturated heterocycles. The summed E-state index contributed by atoms with van der Waals surface area (Å²) in [5, 5.41) is 24.2.